The van der Waals surface area contributed by atoms with Crippen LogP contribution in [0.3, 0.4) is 0 Å². The van der Waals surface area contributed by atoms with Crippen molar-refractivity contribution >= 4 is 5.97 Å². The van der Waals surface area contributed by atoms with Crippen LogP contribution in [0.2, 0.25) is 0 Å². The molecule has 0 aromatic carbocycles. The highest BCUT2D eigenvalue weighted by Gasteiger charge is 2.13. The van der Waals surface area contributed by atoms with E-state index in [2.05, 4.69) is 23.4 Å². The van der Waals surface area contributed by atoms with Crippen LogP contribution in [-0.4, -0.2) is 40.1 Å². The Hall–Kier alpha value is -1.36. The summed E-state index contributed by atoms with van der Waals surface area (Å²) < 4.78 is 7.09. The quantitative estimate of drug-likeness (QED) is 0.696. The maximum Gasteiger partial charge on any atom is 0.320 e. The molecule has 1 aromatic rings. The first-order valence-electron chi connectivity index (χ1n) is 6.47. The minimum atomic E-state index is -0.171. The molecule has 0 fully saturated rings. The van der Waals surface area contributed by atoms with Gasteiger partial charge in [-0.2, -0.15) is 0 Å². The van der Waals surface area contributed by atoms with Gasteiger partial charge in [-0.1, -0.05) is 6.92 Å². The summed E-state index contributed by atoms with van der Waals surface area (Å²) in [5.74, 6) is -0.171. The van der Waals surface area contributed by atoms with Crippen LogP contribution in [-0.2, 0) is 16.1 Å². The lowest BCUT2D eigenvalue weighted by Gasteiger charge is -2.21. The standard InChI is InChI=1S/C13H23N3O2/c1-5-15(9-13(17)18-6-2)8-12-7-14-10-16(12)11(3)4/h7,10-11H,5-6,8-9H2,1-4H3. The van der Waals surface area contributed by atoms with Crippen LogP contribution in [0.5, 0.6) is 0 Å². The molecule has 102 valence electrons. The summed E-state index contributed by atoms with van der Waals surface area (Å²) >= 11 is 0. The van der Waals surface area contributed by atoms with E-state index in [1.807, 2.05) is 31.3 Å². The molecular weight excluding hydrogens is 230 g/mol. The minimum absolute atomic E-state index is 0.171. The predicted octanol–water partition coefficient (Wildman–Crippen LogP) is 1.85. The summed E-state index contributed by atoms with van der Waals surface area (Å²) in [6.45, 7) is 10.4. The van der Waals surface area contributed by atoms with E-state index in [0.717, 1.165) is 12.2 Å². The van der Waals surface area contributed by atoms with Crippen molar-refractivity contribution in [3.05, 3.63) is 18.2 Å². The van der Waals surface area contributed by atoms with Gasteiger partial charge in [0, 0.05) is 18.8 Å². The molecule has 0 spiro atoms. The van der Waals surface area contributed by atoms with Gasteiger partial charge in [-0.05, 0) is 27.3 Å². The number of rotatable bonds is 7. The number of carbonyl (C=O) groups excluding carboxylic acids is 1. The number of carbonyl (C=O) groups is 1. The topological polar surface area (TPSA) is 47.4 Å². The van der Waals surface area contributed by atoms with Crippen molar-refractivity contribution in [1.82, 2.24) is 14.5 Å². The van der Waals surface area contributed by atoms with Crippen molar-refractivity contribution in [1.29, 1.82) is 0 Å². The zero-order valence-corrected chi connectivity index (χ0v) is 11.7. The number of ether oxygens (including phenoxy) is 1. The minimum Gasteiger partial charge on any atom is -0.465 e. The van der Waals surface area contributed by atoms with Crippen LogP contribution in [0.25, 0.3) is 0 Å². The van der Waals surface area contributed by atoms with Crippen LogP contribution in [0, 0.1) is 0 Å². The molecule has 5 heteroatoms. The highest BCUT2D eigenvalue weighted by molar-refractivity contribution is 5.71. The molecule has 0 aliphatic rings. The number of aromatic nitrogens is 2. The summed E-state index contributed by atoms with van der Waals surface area (Å²) in [6, 6.07) is 0.379. The molecule has 0 atom stereocenters. The molecule has 18 heavy (non-hydrogen) atoms. The zero-order chi connectivity index (χ0) is 13.5. The van der Waals surface area contributed by atoms with Crippen molar-refractivity contribution < 1.29 is 9.53 Å². The second-order valence-electron chi connectivity index (χ2n) is 4.49. The lowest BCUT2D eigenvalue weighted by molar-refractivity contribution is -0.144. The zero-order valence-electron chi connectivity index (χ0n) is 11.7. The predicted molar refractivity (Wildman–Crippen MR) is 70.2 cm³/mol. The largest absolute Gasteiger partial charge is 0.465 e. The molecule has 0 aliphatic carbocycles. The Bertz CT molecular complexity index is 374. The van der Waals surface area contributed by atoms with Gasteiger partial charge in [-0.15, -0.1) is 0 Å². The molecule has 1 heterocycles. The van der Waals surface area contributed by atoms with Gasteiger partial charge in [0.2, 0.25) is 0 Å². The summed E-state index contributed by atoms with van der Waals surface area (Å²) in [5.41, 5.74) is 1.12. The van der Waals surface area contributed by atoms with Gasteiger partial charge in [-0.3, -0.25) is 9.69 Å². The van der Waals surface area contributed by atoms with Gasteiger partial charge in [0.1, 0.15) is 0 Å². The van der Waals surface area contributed by atoms with Crippen LogP contribution in [0.15, 0.2) is 12.5 Å². The lowest BCUT2D eigenvalue weighted by atomic mass is 10.3. The maximum absolute atomic E-state index is 11.5. The molecule has 0 bridgehead atoms. The number of hydrogen-bond donors (Lipinski definition) is 0. The highest BCUT2D eigenvalue weighted by Crippen LogP contribution is 2.11. The van der Waals surface area contributed by atoms with E-state index in [9.17, 15) is 4.79 Å². The van der Waals surface area contributed by atoms with Gasteiger partial charge in [0.15, 0.2) is 0 Å². The third-order valence-electron chi connectivity index (χ3n) is 2.79. The van der Waals surface area contributed by atoms with Crippen molar-refractivity contribution in [3.8, 4) is 0 Å². The fourth-order valence-electron chi connectivity index (χ4n) is 1.82. The van der Waals surface area contributed by atoms with Crippen LogP contribution < -0.4 is 0 Å². The molecule has 0 saturated carbocycles. The Labute approximate surface area is 109 Å². The number of imidazole rings is 1. The van der Waals surface area contributed by atoms with Gasteiger partial charge in [0.05, 0.1) is 25.2 Å². The smallest absolute Gasteiger partial charge is 0.320 e. The Balaban J connectivity index is 2.62. The maximum atomic E-state index is 11.5. The third kappa shape index (κ3) is 4.14. The lowest BCUT2D eigenvalue weighted by Crippen LogP contribution is -2.31. The third-order valence-corrected chi connectivity index (χ3v) is 2.79. The Morgan fingerprint density at radius 3 is 2.78 bits per heavy atom. The molecule has 0 N–H and O–H groups in total. The second kappa shape index (κ2) is 7.16. The molecule has 0 amide bonds. The molecule has 1 rings (SSSR count). The van der Waals surface area contributed by atoms with Crippen LogP contribution in [0.4, 0.5) is 0 Å². The molecule has 0 saturated heterocycles. The molecule has 0 unspecified atom stereocenters. The van der Waals surface area contributed by atoms with Crippen molar-refractivity contribution in [2.75, 3.05) is 19.7 Å². The monoisotopic (exact) mass is 253 g/mol. The van der Waals surface area contributed by atoms with Gasteiger partial charge < -0.3 is 9.30 Å². The summed E-state index contributed by atoms with van der Waals surface area (Å²) in [5, 5.41) is 0. The second-order valence-corrected chi connectivity index (χ2v) is 4.49. The highest BCUT2D eigenvalue weighted by atomic mass is 16.5. The normalized spacial score (nSPS) is 11.2. The fraction of sp³-hybridized carbons (Fsp3) is 0.692. The number of esters is 1. The number of likely N-dealkylation sites (N-methyl/N-ethyl adjacent to an activating group) is 1. The Morgan fingerprint density at radius 2 is 2.22 bits per heavy atom. The van der Waals surface area contributed by atoms with Crippen molar-refractivity contribution in [2.24, 2.45) is 0 Å². The molecule has 1 aromatic heterocycles. The first-order valence-corrected chi connectivity index (χ1v) is 6.47. The van der Waals surface area contributed by atoms with E-state index in [0.29, 0.717) is 25.7 Å². The Kier molecular flexibility index (Phi) is 5.85. The van der Waals surface area contributed by atoms with Crippen molar-refractivity contribution in [3.63, 3.8) is 0 Å². The molecule has 0 aliphatic heterocycles. The average molecular weight is 253 g/mol. The van der Waals surface area contributed by atoms with E-state index in [1.54, 1.807) is 0 Å². The SMILES string of the molecule is CCOC(=O)CN(CC)Cc1cncn1C(C)C. The Morgan fingerprint density at radius 1 is 1.50 bits per heavy atom. The molecule has 0 radical (unpaired) electrons. The average Bonchev–Trinajstić information content (AvgIpc) is 2.76. The molecule has 5 nitrogen and oxygen atoms in total. The van der Waals surface area contributed by atoms with E-state index in [1.165, 1.54) is 0 Å². The summed E-state index contributed by atoms with van der Waals surface area (Å²) in [7, 11) is 0. The van der Waals surface area contributed by atoms with Crippen LogP contribution >= 0.6 is 0 Å². The van der Waals surface area contributed by atoms with E-state index in [4.69, 9.17) is 4.74 Å². The van der Waals surface area contributed by atoms with Crippen molar-refractivity contribution in [2.45, 2.75) is 40.3 Å². The van der Waals surface area contributed by atoms with E-state index >= 15 is 0 Å². The van der Waals surface area contributed by atoms with Crippen LogP contribution in [0.1, 0.15) is 39.4 Å². The van der Waals surface area contributed by atoms with Gasteiger partial charge >= 0.3 is 5.97 Å². The summed E-state index contributed by atoms with van der Waals surface area (Å²) in [4.78, 5) is 17.7. The first-order chi connectivity index (χ1) is 8.58. The number of hydrogen-bond acceptors (Lipinski definition) is 4. The number of nitrogens with zero attached hydrogens (tertiary/aromatic N) is 3. The van der Waals surface area contributed by atoms with E-state index in [-0.39, 0.29) is 5.97 Å². The first kappa shape index (κ1) is 14.7. The molecular formula is C13H23N3O2. The summed E-state index contributed by atoms with van der Waals surface area (Å²) in [6.07, 6.45) is 3.69. The van der Waals surface area contributed by atoms with Gasteiger partial charge in [0.25, 0.3) is 0 Å². The van der Waals surface area contributed by atoms with Gasteiger partial charge in [-0.25, -0.2) is 4.98 Å². The fourth-order valence-corrected chi connectivity index (χ4v) is 1.82. The van der Waals surface area contributed by atoms with E-state index < -0.39 is 0 Å².